The Balaban J connectivity index is 1.94. The molecule has 0 bridgehead atoms. The molecule has 0 saturated carbocycles. The maximum absolute atomic E-state index is 5.90. The number of nitrogens with zero attached hydrogens (tertiary/aromatic N) is 1. The van der Waals surface area contributed by atoms with E-state index in [0.29, 0.717) is 6.04 Å². The Bertz CT molecular complexity index is 450. The second kappa shape index (κ2) is 7.23. The standard InChI is InChI=1S/C17H28N2O2/c1-5-17(4)11-15(8-10-20-17)19-12-14-7-6-9-18-16(14)21-13(2)3/h6-7,9,13,15,19H,5,8,10-12H2,1-4H3. The predicted octanol–water partition coefficient (Wildman–Crippen LogP) is 3.31. The number of ether oxygens (including phenoxy) is 2. The third kappa shape index (κ3) is 4.68. The highest BCUT2D eigenvalue weighted by molar-refractivity contribution is 5.25. The number of hydrogen-bond donors (Lipinski definition) is 1. The molecule has 0 spiro atoms. The molecule has 2 rings (SSSR count). The zero-order valence-electron chi connectivity index (χ0n) is 13.7. The number of aromatic nitrogens is 1. The van der Waals surface area contributed by atoms with Crippen LogP contribution in [0, 0.1) is 0 Å². The molecular formula is C17H28N2O2. The van der Waals surface area contributed by atoms with E-state index in [1.165, 1.54) is 0 Å². The average molecular weight is 292 g/mol. The fraction of sp³-hybridized carbons (Fsp3) is 0.706. The van der Waals surface area contributed by atoms with Crippen LogP contribution in [0.1, 0.15) is 52.5 Å². The van der Waals surface area contributed by atoms with Gasteiger partial charge in [0, 0.05) is 31.0 Å². The first-order valence-electron chi connectivity index (χ1n) is 8.00. The maximum Gasteiger partial charge on any atom is 0.218 e. The summed E-state index contributed by atoms with van der Waals surface area (Å²) in [7, 11) is 0. The van der Waals surface area contributed by atoms with Gasteiger partial charge in [0.15, 0.2) is 0 Å². The maximum atomic E-state index is 5.90. The van der Waals surface area contributed by atoms with Crippen molar-refractivity contribution in [1.82, 2.24) is 10.3 Å². The van der Waals surface area contributed by atoms with E-state index in [4.69, 9.17) is 9.47 Å². The summed E-state index contributed by atoms with van der Waals surface area (Å²) in [5, 5.41) is 3.64. The van der Waals surface area contributed by atoms with Crippen molar-refractivity contribution < 1.29 is 9.47 Å². The number of rotatable bonds is 6. The summed E-state index contributed by atoms with van der Waals surface area (Å²) in [4.78, 5) is 4.34. The highest BCUT2D eigenvalue weighted by Gasteiger charge is 2.31. The summed E-state index contributed by atoms with van der Waals surface area (Å²) in [6.07, 6.45) is 5.11. The van der Waals surface area contributed by atoms with Gasteiger partial charge >= 0.3 is 0 Å². The van der Waals surface area contributed by atoms with Crippen LogP contribution >= 0.6 is 0 Å². The summed E-state index contributed by atoms with van der Waals surface area (Å²) in [5.41, 5.74) is 1.14. The molecule has 1 saturated heterocycles. The smallest absolute Gasteiger partial charge is 0.218 e. The van der Waals surface area contributed by atoms with Crippen molar-refractivity contribution in [2.75, 3.05) is 6.61 Å². The molecule has 0 radical (unpaired) electrons. The molecule has 2 heterocycles. The highest BCUT2D eigenvalue weighted by atomic mass is 16.5. The Morgan fingerprint density at radius 3 is 3.05 bits per heavy atom. The minimum atomic E-state index is 0.0160. The van der Waals surface area contributed by atoms with E-state index in [2.05, 4.69) is 30.2 Å². The van der Waals surface area contributed by atoms with Crippen LogP contribution in [0.5, 0.6) is 5.88 Å². The van der Waals surface area contributed by atoms with Crippen molar-refractivity contribution in [2.24, 2.45) is 0 Å². The Hall–Kier alpha value is -1.13. The van der Waals surface area contributed by atoms with Crippen molar-refractivity contribution in [1.29, 1.82) is 0 Å². The molecule has 4 nitrogen and oxygen atoms in total. The third-order valence-electron chi connectivity index (χ3n) is 4.12. The first-order valence-corrected chi connectivity index (χ1v) is 8.00. The molecule has 1 aliphatic heterocycles. The van der Waals surface area contributed by atoms with Gasteiger partial charge in [0.05, 0.1) is 11.7 Å². The molecule has 1 N–H and O–H groups in total. The van der Waals surface area contributed by atoms with E-state index >= 15 is 0 Å². The molecule has 0 aromatic carbocycles. The Kier molecular flexibility index (Phi) is 5.59. The topological polar surface area (TPSA) is 43.4 Å². The van der Waals surface area contributed by atoms with Crippen LogP contribution in [0.15, 0.2) is 18.3 Å². The van der Waals surface area contributed by atoms with Crippen LogP contribution < -0.4 is 10.1 Å². The lowest BCUT2D eigenvalue weighted by atomic mass is 9.90. The third-order valence-corrected chi connectivity index (χ3v) is 4.12. The van der Waals surface area contributed by atoms with Gasteiger partial charge in [0.25, 0.3) is 0 Å². The van der Waals surface area contributed by atoms with Crippen LogP contribution in [0.2, 0.25) is 0 Å². The molecule has 0 amide bonds. The lowest BCUT2D eigenvalue weighted by Gasteiger charge is -2.38. The number of pyridine rings is 1. The summed E-state index contributed by atoms with van der Waals surface area (Å²) < 4.78 is 11.7. The first-order chi connectivity index (χ1) is 10.0. The zero-order chi connectivity index (χ0) is 15.3. The van der Waals surface area contributed by atoms with Gasteiger partial charge in [0.1, 0.15) is 0 Å². The van der Waals surface area contributed by atoms with Gasteiger partial charge in [-0.3, -0.25) is 0 Å². The van der Waals surface area contributed by atoms with Crippen molar-refractivity contribution in [2.45, 2.75) is 71.2 Å². The summed E-state index contributed by atoms with van der Waals surface area (Å²) in [6.45, 7) is 10.1. The quantitative estimate of drug-likeness (QED) is 0.873. The van der Waals surface area contributed by atoms with Gasteiger partial charge in [-0.2, -0.15) is 0 Å². The summed E-state index contributed by atoms with van der Waals surface area (Å²) in [6, 6.07) is 4.54. The van der Waals surface area contributed by atoms with E-state index in [-0.39, 0.29) is 11.7 Å². The minimum absolute atomic E-state index is 0.0160. The van der Waals surface area contributed by atoms with Crippen LogP contribution in [-0.4, -0.2) is 29.3 Å². The van der Waals surface area contributed by atoms with Gasteiger partial charge < -0.3 is 14.8 Å². The van der Waals surface area contributed by atoms with Gasteiger partial charge in [-0.15, -0.1) is 0 Å². The molecule has 2 unspecified atom stereocenters. The second-order valence-electron chi connectivity index (χ2n) is 6.36. The lowest BCUT2D eigenvalue weighted by molar-refractivity contribution is -0.0781. The van der Waals surface area contributed by atoms with Gasteiger partial charge in [-0.05, 0) is 46.1 Å². The largest absolute Gasteiger partial charge is 0.475 e. The van der Waals surface area contributed by atoms with E-state index in [0.717, 1.165) is 43.9 Å². The molecule has 4 heteroatoms. The van der Waals surface area contributed by atoms with Crippen LogP contribution in [0.3, 0.4) is 0 Å². The summed E-state index contributed by atoms with van der Waals surface area (Å²) >= 11 is 0. The SMILES string of the molecule is CCC1(C)CC(NCc2cccnc2OC(C)C)CCO1. The number of nitrogens with one attached hydrogen (secondary N) is 1. The Morgan fingerprint density at radius 2 is 2.33 bits per heavy atom. The van der Waals surface area contributed by atoms with Crippen LogP contribution in [-0.2, 0) is 11.3 Å². The fourth-order valence-corrected chi connectivity index (χ4v) is 2.69. The van der Waals surface area contributed by atoms with Gasteiger partial charge in [-0.25, -0.2) is 4.98 Å². The molecule has 118 valence electrons. The van der Waals surface area contributed by atoms with Crippen LogP contribution in [0.25, 0.3) is 0 Å². The Morgan fingerprint density at radius 1 is 1.52 bits per heavy atom. The molecule has 1 aromatic heterocycles. The monoisotopic (exact) mass is 292 g/mol. The molecule has 21 heavy (non-hydrogen) atoms. The van der Waals surface area contributed by atoms with Gasteiger partial charge in [0.2, 0.25) is 5.88 Å². The van der Waals surface area contributed by atoms with Crippen molar-refractivity contribution >= 4 is 0 Å². The van der Waals surface area contributed by atoms with Crippen molar-refractivity contribution in [3.05, 3.63) is 23.9 Å². The first kappa shape index (κ1) is 16.2. The molecule has 2 atom stereocenters. The normalized spacial score (nSPS) is 26.0. The van der Waals surface area contributed by atoms with Crippen molar-refractivity contribution in [3.8, 4) is 5.88 Å². The highest BCUT2D eigenvalue weighted by Crippen LogP contribution is 2.28. The van der Waals surface area contributed by atoms with E-state index in [1.54, 1.807) is 6.20 Å². The Labute approximate surface area is 128 Å². The molecule has 0 aliphatic carbocycles. The summed E-state index contributed by atoms with van der Waals surface area (Å²) in [5.74, 6) is 0.741. The van der Waals surface area contributed by atoms with E-state index in [9.17, 15) is 0 Å². The molecule has 1 aromatic rings. The average Bonchev–Trinajstić information content (AvgIpc) is 2.46. The predicted molar refractivity (Wildman–Crippen MR) is 84.5 cm³/mol. The molecular weight excluding hydrogens is 264 g/mol. The minimum Gasteiger partial charge on any atom is -0.475 e. The van der Waals surface area contributed by atoms with Gasteiger partial charge in [-0.1, -0.05) is 13.0 Å². The van der Waals surface area contributed by atoms with E-state index < -0.39 is 0 Å². The fourth-order valence-electron chi connectivity index (χ4n) is 2.69. The molecule has 1 aliphatic rings. The van der Waals surface area contributed by atoms with Crippen molar-refractivity contribution in [3.63, 3.8) is 0 Å². The number of hydrogen-bond acceptors (Lipinski definition) is 4. The lowest BCUT2D eigenvalue weighted by Crippen LogP contribution is -2.44. The van der Waals surface area contributed by atoms with E-state index in [1.807, 2.05) is 19.9 Å². The molecule has 1 fully saturated rings. The second-order valence-corrected chi connectivity index (χ2v) is 6.36. The zero-order valence-corrected chi connectivity index (χ0v) is 13.7. The van der Waals surface area contributed by atoms with Crippen LogP contribution in [0.4, 0.5) is 0 Å².